The Hall–Kier alpha value is -1.33. The number of hydrogen-bond donors (Lipinski definition) is 1. The van der Waals surface area contributed by atoms with Gasteiger partial charge in [-0.2, -0.15) is 4.31 Å². The molecule has 24 heavy (non-hydrogen) atoms. The van der Waals surface area contributed by atoms with Crippen molar-refractivity contribution in [3.05, 3.63) is 17.8 Å². The first kappa shape index (κ1) is 17.5. The van der Waals surface area contributed by atoms with Crippen LogP contribution in [0.15, 0.2) is 16.3 Å². The molecule has 3 heterocycles. The molecule has 0 aliphatic carbocycles. The molecule has 2 aromatic rings. The number of nitrogens with zero attached hydrogens (tertiary/aromatic N) is 2. The second-order valence-corrected chi connectivity index (χ2v) is 9.50. The third kappa shape index (κ3) is 3.52. The van der Waals surface area contributed by atoms with Crippen LogP contribution < -0.4 is 5.32 Å². The Bertz CT molecular complexity index is 850. The van der Waals surface area contributed by atoms with Gasteiger partial charge in [0.1, 0.15) is 4.21 Å². The maximum absolute atomic E-state index is 12.7. The SMILES string of the molecule is CC(=O)Nc1nc(C)c(-c2ccc(S(=O)(=O)N3CCOCC3)s2)s1. The molecule has 2 aromatic heterocycles. The van der Waals surface area contributed by atoms with Crippen LogP contribution in [0, 0.1) is 6.92 Å². The molecule has 3 rings (SSSR count). The molecule has 10 heteroatoms. The predicted octanol–water partition coefficient (Wildman–Crippen LogP) is 2.16. The molecule has 0 radical (unpaired) electrons. The van der Waals surface area contributed by atoms with Crippen LogP contribution >= 0.6 is 22.7 Å². The van der Waals surface area contributed by atoms with E-state index in [2.05, 4.69) is 10.3 Å². The summed E-state index contributed by atoms with van der Waals surface area (Å²) in [6.45, 7) is 4.86. The number of carbonyl (C=O) groups excluding carboxylic acids is 1. The van der Waals surface area contributed by atoms with Crippen LogP contribution in [0.5, 0.6) is 0 Å². The van der Waals surface area contributed by atoms with Gasteiger partial charge in [-0.25, -0.2) is 13.4 Å². The lowest BCUT2D eigenvalue weighted by atomic mass is 10.3. The lowest BCUT2D eigenvalue weighted by molar-refractivity contribution is -0.114. The lowest BCUT2D eigenvalue weighted by Crippen LogP contribution is -2.40. The molecule has 1 amide bonds. The minimum atomic E-state index is -3.49. The highest BCUT2D eigenvalue weighted by molar-refractivity contribution is 7.91. The van der Waals surface area contributed by atoms with Gasteiger partial charge in [-0.05, 0) is 19.1 Å². The van der Waals surface area contributed by atoms with Gasteiger partial charge in [-0.3, -0.25) is 4.79 Å². The number of thiazole rings is 1. The van der Waals surface area contributed by atoms with E-state index >= 15 is 0 Å². The van der Waals surface area contributed by atoms with Crippen molar-refractivity contribution in [3.8, 4) is 9.75 Å². The van der Waals surface area contributed by atoms with Gasteiger partial charge < -0.3 is 10.1 Å². The lowest BCUT2D eigenvalue weighted by Gasteiger charge is -2.25. The first-order valence-electron chi connectivity index (χ1n) is 7.31. The fourth-order valence-corrected chi connectivity index (χ4v) is 6.37. The Morgan fingerprint density at radius 1 is 1.29 bits per heavy atom. The zero-order valence-electron chi connectivity index (χ0n) is 13.2. The predicted molar refractivity (Wildman–Crippen MR) is 94.0 cm³/mol. The topological polar surface area (TPSA) is 88.6 Å². The van der Waals surface area contributed by atoms with Crippen molar-refractivity contribution in [2.24, 2.45) is 0 Å². The molecule has 0 atom stereocenters. The smallest absolute Gasteiger partial charge is 0.252 e. The minimum absolute atomic E-state index is 0.183. The first-order chi connectivity index (χ1) is 11.4. The van der Waals surface area contributed by atoms with Crippen LogP contribution in [-0.2, 0) is 19.6 Å². The van der Waals surface area contributed by atoms with Crippen molar-refractivity contribution < 1.29 is 17.9 Å². The molecule has 130 valence electrons. The van der Waals surface area contributed by atoms with E-state index in [4.69, 9.17) is 4.74 Å². The average molecular weight is 388 g/mol. The van der Waals surface area contributed by atoms with Gasteiger partial charge in [0, 0.05) is 24.9 Å². The monoisotopic (exact) mass is 387 g/mol. The van der Waals surface area contributed by atoms with Crippen molar-refractivity contribution >= 4 is 43.7 Å². The number of sulfonamides is 1. The van der Waals surface area contributed by atoms with Crippen LogP contribution in [0.3, 0.4) is 0 Å². The number of morpholine rings is 1. The van der Waals surface area contributed by atoms with Crippen molar-refractivity contribution in [3.63, 3.8) is 0 Å². The van der Waals surface area contributed by atoms with Crippen LogP contribution in [0.2, 0.25) is 0 Å². The molecule has 1 N–H and O–H groups in total. The van der Waals surface area contributed by atoms with E-state index in [1.54, 1.807) is 12.1 Å². The van der Waals surface area contributed by atoms with E-state index in [-0.39, 0.29) is 5.91 Å². The van der Waals surface area contributed by atoms with Crippen LogP contribution in [0.1, 0.15) is 12.6 Å². The third-order valence-electron chi connectivity index (χ3n) is 3.45. The molecule has 0 aromatic carbocycles. The molecule has 1 aliphatic rings. The van der Waals surface area contributed by atoms with Crippen molar-refractivity contribution in [1.29, 1.82) is 0 Å². The fourth-order valence-electron chi connectivity index (χ4n) is 2.32. The zero-order chi connectivity index (χ0) is 17.3. The van der Waals surface area contributed by atoms with Crippen LogP contribution in [0.4, 0.5) is 5.13 Å². The Kier molecular flexibility index (Phi) is 5.02. The maximum atomic E-state index is 12.7. The molecular formula is C14H17N3O4S3. The van der Waals surface area contributed by atoms with Gasteiger partial charge in [-0.1, -0.05) is 11.3 Å². The standard InChI is InChI=1S/C14H17N3O4S3/c1-9-13(23-14(15-9)16-10(2)18)11-3-4-12(22-11)24(19,20)17-5-7-21-8-6-17/h3-4H,5-8H2,1-2H3,(H,15,16,18). The summed E-state index contributed by atoms with van der Waals surface area (Å²) in [6.07, 6.45) is 0. The number of amides is 1. The van der Waals surface area contributed by atoms with E-state index < -0.39 is 10.0 Å². The number of nitrogens with one attached hydrogen (secondary N) is 1. The van der Waals surface area contributed by atoms with Crippen molar-refractivity contribution in [2.45, 2.75) is 18.1 Å². The Balaban J connectivity index is 1.88. The largest absolute Gasteiger partial charge is 0.379 e. The number of aryl methyl sites for hydroxylation is 1. The molecule has 1 saturated heterocycles. The second-order valence-electron chi connectivity index (χ2n) is 5.25. The van der Waals surface area contributed by atoms with Gasteiger partial charge in [-0.15, -0.1) is 11.3 Å². The number of thiophene rings is 1. The van der Waals surface area contributed by atoms with E-state index in [0.29, 0.717) is 35.6 Å². The maximum Gasteiger partial charge on any atom is 0.252 e. The normalized spacial score (nSPS) is 16.2. The number of anilines is 1. The Morgan fingerprint density at radius 3 is 2.67 bits per heavy atom. The summed E-state index contributed by atoms with van der Waals surface area (Å²) < 4.78 is 32.3. The molecular weight excluding hydrogens is 370 g/mol. The molecule has 0 spiro atoms. The summed E-state index contributed by atoms with van der Waals surface area (Å²) in [5.74, 6) is -0.183. The molecule has 0 saturated carbocycles. The average Bonchev–Trinajstić information content (AvgIpc) is 3.14. The highest BCUT2D eigenvalue weighted by atomic mass is 32.2. The highest BCUT2D eigenvalue weighted by Crippen LogP contribution is 2.38. The van der Waals surface area contributed by atoms with Crippen LogP contribution in [0.25, 0.3) is 9.75 Å². The van der Waals surface area contributed by atoms with Crippen LogP contribution in [-0.4, -0.2) is 49.9 Å². The number of rotatable bonds is 4. The Morgan fingerprint density at radius 2 is 2.00 bits per heavy atom. The molecule has 7 nitrogen and oxygen atoms in total. The number of aromatic nitrogens is 1. The number of carbonyl (C=O) groups is 1. The molecule has 1 aliphatic heterocycles. The van der Waals surface area contributed by atoms with Gasteiger partial charge in [0.2, 0.25) is 5.91 Å². The Labute approximate surface area is 148 Å². The second kappa shape index (κ2) is 6.89. The summed E-state index contributed by atoms with van der Waals surface area (Å²) >= 11 is 2.56. The summed E-state index contributed by atoms with van der Waals surface area (Å²) in [5, 5.41) is 3.17. The van der Waals surface area contributed by atoms with Gasteiger partial charge >= 0.3 is 0 Å². The van der Waals surface area contributed by atoms with E-state index in [9.17, 15) is 13.2 Å². The summed E-state index contributed by atoms with van der Waals surface area (Å²) in [4.78, 5) is 17.1. The molecule has 1 fully saturated rings. The molecule has 0 unspecified atom stereocenters. The number of ether oxygens (including phenoxy) is 1. The first-order valence-corrected chi connectivity index (χ1v) is 10.4. The van der Waals surface area contributed by atoms with Gasteiger partial charge in [0.25, 0.3) is 10.0 Å². The van der Waals surface area contributed by atoms with Gasteiger partial charge in [0.15, 0.2) is 5.13 Å². The van der Waals surface area contributed by atoms with Crippen molar-refractivity contribution in [1.82, 2.24) is 9.29 Å². The van der Waals surface area contributed by atoms with E-state index in [0.717, 1.165) is 15.4 Å². The number of hydrogen-bond acceptors (Lipinski definition) is 7. The highest BCUT2D eigenvalue weighted by Gasteiger charge is 2.28. The fraction of sp³-hybridized carbons (Fsp3) is 0.429. The molecule has 0 bridgehead atoms. The van der Waals surface area contributed by atoms with Crippen molar-refractivity contribution in [2.75, 3.05) is 31.6 Å². The summed E-state index contributed by atoms with van der Waals surface area (Å²) in [6, 6.07) is 3.41. The van der Waals surface area contributed by atoms with E-state index in [1.165, 1.54) is 33.9 Å². The summed E-state index contributed by atoms with van der Waals surface area (Å²) in [5.41, 5.74) is 0.765. The quantitative estimate of drug-likeness (QED) is 0.868. The van der Waals surface area contributed by atoms with E-state index in [1.807, 2.05) is 6.92 Å². The summed E-state index contributed by atoms with van der Waals surface area (Å²) in [7, 11) is -3.49. The third-order valence-corrected chi connectivity index (χ3v) is 8.15. The van der Waals surface area contributed by atoms with Gasteiger partial charge in [0.05, 0.1) is 23.8 Å². The minimum Gasteiger partial charge on any atom is -0.379 e. The zero-order valence-corrected chi connectivity index (χ0v) is 15.7.